The van der Waals surface area contributed by atoms with Gasteiger partial charge in [-0.1, -0.05) is 269 Å². The maximum atomic E-state index is 12.9. The number of hydrogen-bond acceptors (Lipinski definition) is 6. The van der Waals surface area contributed by atoms with Crippen molar-refractivity contribution in [3.8, 4) is 0 Å². The number of carbonyl (C=O) groups excluding carboxylic acids is 3. The van der Waals surface area contributed by atoms with Gasteiger partial charge in [0.2, 0.25) is 0 Å². The first-order chi connectivity index (χ1) is 39.5. The fourth-order valence-electron chi connectivity index (χ4n) is 8.45. The van der Waals surface area contributed by atoms with E-state index in [4.69, 9.17) is 14.2 Å². The van der Waals surface area contributed by atoms with Crippen LogP contribution in [0.1, 0.15) is 271 Å². The first-order valence-corrected chi connectivity index (χ1v) is 32.5. The van der Waals surface area contributed by atoms with E-state index in [1.807, 2.05) is 0 Å². The number of rotatable bonds is 57. The highest BCUT2D eigenvalue weighted by molar-refractivity contribution is 5.71. The first kappa shape index (κ1) is 75.0. The van der Waals surface area contributed by atoms with E-state index in [-0.39, 0.29) is 31.1 Å². The summed E-state index contributed by atoms with van der Waals surface area (Å²) >= 11 is 0. The van der Waals surface area contributed by atoms with Crippen LogP contribution in [0, 0.1) is 0 Å². The van der Waals surface area contributed by atoms with E-state index in [2.05, 4.69) is 179 Å². The molecule has 1 unspecified atom stereocenters. The third-order valence-electron chi connectivity index (χ3n) is 13.2. The van der Waals surface area contributed by atoms with Gasteiger partial charge in [-0.25, -0.2) is 0 Å². The van der Waals surface area contributed by atoms with Crippen molar-refractivity contribution in [1.29, 1.82) is 0 Å². The summed E-state index contributed by atoms with van der Waals surface area (Å²) < 4.78 is 16.9. The maximum absolute atomic E-state index is 12.9. The van der Waals surface area contributed by atoms with E-state index < -0.39 is 6.10 Å². The van der Waals surface area contributed by atoms with Crippen molar-refractivity contribution in [1.82, 2.24) is 0 Å². The van der Waals surface area contributed by atoms with E-state index >= 15 is 0 Å². The molecule has 0 spiro atoms. The molecular weight excluding hydrogens is 985 g/mol. The van der Waals surface area contributed by atoms with Crippen LogP contribution < -0.4 is 0 Å². The minimum Gasteiger partial charge on any atom is -0.462 e. The lowest BCUT2D eigenvalue weighted by atomic mass is 10.1. The van der Waals surface area contributed by atoms with Gasteiger partial charge in [0.1, 0.15) is 13.2 Å². The second kappa shape index (κ2) is 66.5. The Labute approximate surface area is 492 Å². The van der Waals surface area contributed by atoms with Crippen LogP contribution >= 0.6 is 0 Å². The minimum atomic E-state index is -0.800. The van der Waals surface area contributed by atoms with Crippen LogP contribution in [-0.4, -0.2) is 37.2 Å². The highest BCUT2D eigenvalue weighted by atomic mass is 16.6. The average molecular weight is 1100 g/mol. The Morgan fingerprint density at radius 2 is 0.487 bits per heavy atom. The molecule has 0 aliphatic heterocycles. The van der Waals surface area contributed by atoms with Crippen molar-refractivity contribution in [2.24, 2.45) is 0 Å². The number of esters is 3. The van der Waals surface area contributed by atoms with Gasteiger partial charge in [-0.3, -0.25) is 14.4 Å². The van der Waals surface area contributed by atoms with Gasteiger partial charge < -0.3 is 14.2 Å². The van der Waals surface area contributed by atoms with Crippen molar-refractivity contribution in [3.63, 3.8) is 0 Å². The van der Waals surface area contributed by atoms with Crippen molar-refractivity contribution >= 4 is 17.9 Å². The van der Waals surface area contributed by atoms with E-state index in [0.717, 1.165) is 173 Å². The van der Waals surface area contributed by atoms with Crippen LogP contribution in [0.3, 0.4) is 0 Å². The van der Waals surface area contributed by atoms with Gasteiger partial charge in [0, 0.05) is 19.3 Å². The molecule has 0 saturated carbocycles. The fraction of sp³-hybridized carbons (Fsp3) is 0.608. The molecule has 0 rings (SSSR count). The lowest BCUT2D eigenvalue weighted by Crippen LogP contribution is -2.30. The number of allylic oxidation sites excluding steroid dienone is 26. The van der Waals surface area contributed by atoms with Crippen LogP contribution in [0.2, 0.25) is 0 Å². The fourth-order valence-corrected chi connectivity index (χ4v) is 8.45. The van der Waals surface area contributed by atoms with Gasteiger partial charge in [-0.15, -0.1) is 0 Å². The van der Waals surface area contributed by atoms with Gasteiger partial charge >= 0.3 is 17.9 Å². The minimum absolute atomic E-state index is 0.0964. The molecule has 0 aromatic heterocycles. The van der Waals surface area contributed by atoms with Crippen molar-refractivity contribution in [3.05, 3.63) is 158 Å². The zero-order valence-electron chi connectivity index (χ0n) is 51.5. The summed E-state index contributed by atoms with van der Waals surface area (Å²) in [6, 6.07) is 0. The molecule has 0 radical (unpaired) electrons. The second-order valence-corrected chi connectivity index (χ2v) is 20.9. The largest absolute Gasteiger partial charge is 0.462 e. The number of carbonyl (C=O) groups is 3. The summed E-state index contributed by atoms with van der Waals surface area (Å²) in [5.41, 5.74) is 0. The summed E-state index contributed by atoms with van der Waals surface area (Å²) in [5, 5.41) is 0. The topological polar surface area (TPSA) is 78.9 Å². The normalized spacial score (nSPS) is 13.2. The van der Waals surface area contributed by atoms with Gasteiger partial charge in [-0.05, 0) is 141 Å². The molecule has 0 bridgehead atoms. The summed E-state index contributed by atoms with van der Waals surface area (Å²) in [6.45, 7) is 6.32. The highest BCUT2D eigenvalue weighted by Gasteiger charge is 2.19. The monoisotopic (exact) mass is 1100 g/mol. The molecular formula is C74H118O6. The number of hydrogen-bond donors (Lipinski definition) is 0. The number of unbranched alkanes of at least 4 members (excludes halogenated alkanes) is 20. The van der Waals surface area contributed by atoms with E-state index in [1.54, 1.807) is 0 Å². The van der Waals surface area contributed by atoms with Gasteiger partial charge in [-0.2, -0.15) is 0 Å². The molecule has 450 valence electrons. The van der Waals surface area contributed by atoms with E-state index in [1.165, 1.54) is 57.8 Å². The lowest BCUT2D eigenvalue weighted by Gasteiger charge is -2.18. The average Bonchev–Trinajstić information content (AvgIpc) is 3.46. The SMILES string of the molecule is CC/C=C\C/C=C\C/C=C\C/C=C\C/C=C\C/C=C\C/C=C\CCCCCCCCCC(=O)OCC(COC(=O)CCCCCCC/C=C\CCC)OC(=O)CCCCCCCCC/C=C\C/C=C\C/C=C\C/C=C\C/C=C\CC. The Morgan fingerprint density at radius 3 is 0.775 bits per heavy atom. The molecule has 0 heterocycles. The zero-order chi connectivity index (χ0) is 57.8. The first-order valence-electron chi connectivity index (χ1n) is 32.5. The quantitative estimate of drug-likeness (QED) is 0.0261. The van der Waals surface area contributed by atoms with Crippen molar-refractivity contribution in [2.45, 2.75) is 277 Å². The molecule has 0 aromatic carbocycles. The highest BCUT2D eigenvalue weighted by Crippen LogP contribution is 2.15. The molecule has 0 aliphatic rings. The molecule has 1 atom stereocenters. The van der Waals surface area contributed by atoms with Crippen molar-refractivity contribution < 1.29 is 28.6 Å². The van der Waals surface area contributed by atoms with Gasteiger partial charge in [0.05, 0.1) is 0 Å². The van der Waals surface area contributed by atoms with Gasteiger partial charge in [0.25, 0.3) is 0 Å². The Kier molecular flexibility index (Phi) is 62.4. The predicted molar refractivity (Wildman–Crippen MR) is 348 cm³/mol. The zero-order valence-corrected chi connectivity index (χ0v) is 51.5. The van der Waals surface area contributed by atoms with Gasteiger partial charge in [0.15, 0.2) is 6.10 Å². The molecule has 0 aliphatic carbocycles. The molecule has 0 saturated heterocycles. The summed E-state index contributed by atoms with van der Waals surface area (Å²) in [7, 11) is 0. The standard InChI is InChI=1S/C74H118O6/c1-4-7-10-13-16-19-22-24-26-28-30-32-34-35-36-37-38-39-41-42-44-46-48-50-52-55-58-61-64-67-73(76)79-70-71(69-78-72(75)66-63-60-57-54-21-18-15-12-9-6-3)80-74(77)68-65-62-59-56-53-51-49-47-45-43-40-33-31-29-27-25-23-20-17-14-11-8-5-2/h7-8,10-12,15-17,19-20,24-27,30-33,35-36,38-39,42-45,71H,4-6,9,13-14,18,21-23,28-29,34,37,40-41,46-70H2,1-3H3/b10-7-,11-8-,15-12-,19-16-,20-17-,26-24-,27-25-,32-30-,33-31-,36-35-,39-38-,44-42-,45-43-. The lowest BCUT2D eigenvalue weighted by molar-refractivity contribution is -0.167. The third-order valence-corrected chi connectivity index (χ3v) is 13.2. The molecule has 80 heavy (non-hydrogen) atoms. The maximum Gasteiger partial charge on any atom is 0.306 e. The second-order valence-electron chi connectivity index (χ2n) is 20.9. The number of ether oxygens (including phenoxy) is 3. The van der Waals surface area contributed by atoms with Crippen LogP contribution in [0.15, 0.2) is 158 Å². The summed E-state index contributed by atoms with van der Waals surface area (Å²) in [6.07, 6.45) is 96.8. The Balaban J connectivity index is 4.33. The molecule has 0 N–H and O–H groups in total. The van der Waals surface area contributed by atoms with E-state index in [0.29, 0.717) is 19.3 Å². The Bertz CT molecular complexity index is 1790. The van der Waals surface area contributed by atoms with E-state index in [9.17, 15) is 14.4 Å². The predicted octanol–water partition coefficient (Wildman–Crippen LogP) is 22.5. The molecule has 0 fully saturated rings. The molecule has 0 amide bonds. The third kappa shape index (κ3) is 63.9. The Hall–Kier alpha value is -4.97. The van der Waals surface area contributed by atoms with Crippen LogP contribution in [0.5, 0.6) is 0 Å². The molecule has 0 aromatic rings. The molecule has 6 nitrogen and oxygen atoms in total. The summed E-state index contributed by atoms with van der Waals surface area (Å²) in [5.74, 6) is -0.932. The van der Waals surface area contributed by atoms with Crippen molar-refractivity contribution in [2.75, 3.05) is 13.2 Å². The van der Waals surface area contributed by atoms with Crippen LogP contribution in [0.25, 0.3) is 0 Å². The molecule has 6 heteroatoms. The Morgan fingerprint density at radius 1 is 0.263 bits per heavy atom. The van der Waals surface area contributed by atoms with Crippen LogP contribution in [0.4, 0.5) is 0 Å². The van der Waals surface area contributed by atoms with Crippen LogP contribution in [-0.2, 0) is 28.6 Å². The smallest absolute Gasteiger partial charge is 0.306 e. The summed E-state index contributed by atoms with van der Waals surface area (Å²) in [4.78, 5) is 38.3.